The lowest BCUT2D eigenvalue weighted by Gasteiger charge is -2.09. The number of nitrogens with zero attached hydrogens (tertiary/aromatic N) is 2. The Morgan fingerprint density at radius 2 is 1.93 bits per heavy atom. The molecule has 0 unspecified atom stereocenters. The molecule has 0 aliphatic heterocycles. The molecule has 2 heterocycles. The average Bonchev–Trinajstić information content (AvgIpc) is 3.32. The van der Waals surface area contributed by atoms with E-state index < -0.39 is 10.0 Å². The molecule has 2 aromatic carbocycles. The van der Waals surface area contributed by atoms with E-state index in [1.54, 1.807) is 28.3 Å². The molecule has 2 aromatic heterocycles. The second-order valence-corrected chi connectivity index (χ2v) is 8.74. The van der Waals surface area contributed by atoms with Crippen molar-refractivity contribution in [3.8, 4) is 0 Å². The number of fused-ring (bicyclic) bond motifs is 1. The molecule has 4 rings (SSSR count). The van der Waals surface area contributed by atoms with E-state index in [9.17, 15) is 17.6 Å². The Morgan fingerprint density at radius 3 is 2.66 bits per heavy atom. The third-order valence-corrected chi connectivity index (χ3v) is 6.32. The number of carbonyl (C=O) groups is 1. The van der Waals surface area contributed by atoms with Crippen molar-refractivity contribution in [2.24, 2.45) is 0 Å². The quantitative estimate of drug-likeness (QED) is 0.488. The van der Waals surface area contributed by atoms with E-state index in [0.717, 1.165) is 5.39 Å². The molecule has 0 radical (unpaired) electrons. The van der Waals surface area contributed by atoms with Gasteiger partial charge in [-0.15, -0.1) is 11.3 Å². The Labute approximate surface area is 169 Å². The summed E-state index contributed by atoms with van der Waals surface area (Å²) in [6.07, 6.45) is 3.22. The van der Waals surface area contributed by atoms with Crippen LogP contribution in [0.5, 0.6) is 0 Å². The molecule has 0 saturated heterocycles. The summed E-state index contributed by atoms with van der Waals surface area (Å²) in [5.41, 5.74) is 1.07. The lowest BCUT2D eigenvalue weighted by Crippen LogP contribution is -2.18. The summed E-state index contributed by atoms with van der Waals surface area (Å²) < 4.78 is 42.1. The van der Waals surface area contributed by atoms with Crippen molar-refractivity contribution in [2.45, 2.75) is 11.4 Å². The lowest BCUT2D eigenvalue weighted by atomic mass is 10.2. The Balaban J connectivity index is 1.44. The van der Waals surface area contributed by atoms with Crippen LogP contribution in [-0.2, 0) is 21.4 Å². The zero-order valence-corrected chi connectivity index (χ0v) is 16.5. The van der Waals surface area contributed by atoms with Crippen LogP contribution in [0.15, 0.2) is 71.2 Å². The maximum atomic E-state index is 13.5. The molecule has 0 aliphatic carbocycles. The summed E-state index contributed by atoms with van der Waals surface area (Å²) >= 11 is 1.18. The van der Waals surface area contributed by atoms with Gasteiger partial charge in [-0.3, -0.25) is 9.52 Å². The van der Waals surface area contributed by atoms with E-state index in [4.69, 9.17) is 0 Å². The molecule has 4 aromatic rings. The summed E-state index contributed by atoms with van der Waals surface area (Å²) in [7, 11) is -3.75. The van der Waals surface area contributed by atoms with E-state index in [-0.39, 0.29) is 28.3 Å². The summed E-state index contributed by atoms with van der Waals surface area (Å²) in [5.74, 6) is -0.690. The number of hydrogen-bond donors (Lipinski definition) is 2. The van der Waals surface area contributed by atoms with Crippen molar-refractivity contribution in [3.05, 3.63) is 72.1 Å². The van der Waals surface area contributed by atoms with Crippen LogP contribution >= 0.6 is 11.3 Å². The third-order valence-electron chi connectivity index (χ3n) is 4.15. The van der Waals surface area contributed by atoms with Gasteiger partial charge in [-0.05, 0) is 53.9 Å². The van der Waals surface area contributed by atoms with Gasteiger partial charge in [-0.1, -0.05) is 0 Å². The summed E-state index contributed by atoms with van der Waals surface area (Å²) in [6, 6.07) is 12.0. The zero-order valence-electron chi connectivity index (χ0n) is 14.9. The number of sulfonamides is 1. The Morgan fingerprint density at radius 1 is 1.14 bits per heavy atom. The van der Waals surface area contributed by atoms with Gasteiger partial charge in [0.1, 0.15) is 12.4 Å². The smallest absolute Gasteiger partial charge is 0.263 e. The van der Waals surface area contributed by atoms with Crippen LogP contribution in [0.25, 0.3) is 10.9 Å². The molecular weight excluding hydrogens is 415 g/mol. The van der Waals surface area contributed by atoms with Gasteiger partial charge in [0.15, 0.2) is 5.13 Å². The molecule has 148 valence electrons. The molecule has 29 heavy (non-hydrogen) atoms. The Kier molecular flexibility index (Phi) is 5.03. The van der Waals surface area contributed by atoms with E-state index >= 15 is 0 Å². The normalized spacial score (nSPS) is 11.5. The first kappa shape index (κ1) is 19.1. The van der Waals surface area contributed by atoms with Gasteiger partial charge in [0.25, 0.3) is 10.0 Å². The number of rotatable bonds is 6. The number of amides is 1. The van der Waals surface area contributed by atoms with Gasteiger partial charge in [0, 0.05) is 23.5 Å². The Hall–Kier alpha value is -3.24. The fraction of sp³-hybridized carbons (Fsp3) is 0.0526. The maximum Gasteiger partial charge on any atom is 0.263 e. The highest BCUT2D eigenvalue weighted by molar-refractivity contribution is 7.93. The minimum Gasteiger partial charge on any atom is -0.338 e. The second kappa shape index (κ2) is 7.64. The summed E-state index contributed by atoms with van der Waals surface area (Å²) in [5, 5.41) is 5.48. The number of hydrogen-bond acceptors (Lipinski definition) is 5. The van der Waals surface area contributed by atoms with E-state index in [1.165, 1.54) is 53.9 Å². The molecule has 0 atom stereocenters. The minimum absolute atomic E-state index is 0.00138. The number of nitrogens with one attached hydrogen (secondary N) is 2. The van der Waals surface area contributed by atoms with Crippen LogP contribution in [0, 0.1) is 5.82 Å². The number of aromatic nitrogens is 2. The van der Waals surface area contributed by atoms with Gasteiger partial charge in [0.05, 0.1) is 10.4 Å². The fourth-order valence-corrected chi connectivity index (χ4v) is 4.60. The monoisotopic (exact) mass is 430 g/mol. The topological polar surface area (TPSA) is 93.1 Å². The van der Waals surface area contributed by atoms with Crippen molar-refractivity contribution in [3.63, 3.8) is 0 Å². The molecule has 1 amide bonds. The predicted octanol–water partition coefficient (Wildman–Crippen LogP) is 3.68. The first-order valence-electron chi connectivity index (χ1n) is 8.47. The number of carbonyl (C=O) groups excluding carboxylic acids is 1. The molecule has 0 aliphatic rings. The van der Waals surface area contributed by atoms with Crippen molar-refractivity contribution in [1.29, 1.82) is 0 Å². The number of anilines is 2. The largest absolute Gasteiger partial charge is 0.338 e. The molecule has 7 nitrogen and oxygen atoms in total. The highest BCUT2D eigenvalue weighted by Crippen LogP contribution is 2.20. The number of thiazole rings is 1. The minimum atomic E-state index is -3.75. The van der Waals surface area contributed by atoms with Crippen LogP contribution in [0.1, 0.15) is 0 Å². The second-order valence-electron chi connectivity index (χ2n) is 6.16. The van der Waals surface area contributed by atoms with Crippen LogP contribution in [0.2, 0.25) is 0 Å². The van der Waals surface area contributed by atoms with Gasteiger partial charge < -0.3 is 9.88 Å². The van der Waals surface area contributed by atoms with Gasteiger partial charge in [-0.25, -0.2) is 17.8 Å². The molecule has 10 heteroatoms. The van der Waals surface area contributed by atoms with Crippen molar-refractivity contribution in [1.82, 2.24) is 9.55 Å². The van der Waals surface area contributed by atoms with E-state index in [1.807, 2.05) is 0 Å². The average molecular weight is 430 g/mol. The number of benzene rings is 2. The first-order valence-corrected chi connectivity index (χ1v) is 10.8. The third kappa shape index (κ3) is 4.28. The predicted molar refractivity (Wildman–Crippen MR) is 110 cm³/mol. The number of halogens is 1. The molecule has 2 N–H and O–H groups in total. The van der Waals surface area contributed by atoms with Crippen LogP contribution in [0.3, 0.4) is 0 Å². The van der Waals surface area contributed by atoms with E-state index in [2.05, 4.69) is 15.0 Å². The van der Waals surface area contributed by atoms with Crippen LogP contribution in [0.4, 0.5) is 15.2 Å². The fourth-order valence-electron chi connectivity index (χ4n) is 2.82. The molecule has 0 spiro atoms. The van der Waals surface area contributed by atoms with Crippen molar-refractivity contribution >= 4 is 49.0 Å². The standard InChI is InChI=1S/C19H15FN4O3S2/c20-14-2-1-13-7-9-24(17(13)11-14)12-18(25)22-15-3-5-16(6-4-15)29(26,27)23-19-21-8-10-28-19/h1-11H,12H2,(H,21,23)(H,22,25). The van der Waals surface area contributed by atoms with Crippen LogP contribution < -0.4 is 10.0 Å². The molecule has 0 fully saturated rings. The highest BCUT2D eigenvalue weighted by atomic mass is 32.2. The van der Waals surface area contributed by atoms with Crippen LogP contribution in [-0.4, -0.2) is 23.9 Å². The molecular formula is C19H15FN4O3S2. The first-order chi connectivity index (χ1) is 13.9. The van der Waals surface area contributed by atoms with E-state index in [0.29, 0.717) is 11.2 Å². The van der Waals surface area contributed by atoms with Gasteiger partial charge in [-0.2, -0.15) is 0 Å². The maximum absolute atomic E-state index is 13.5. The summed E-state index contributed by atoms with van der Waals surface area (Å²) in [6.45, 7) is -0.00138. The highest BCUT2D eigenvalue weighted by Gasteiger charge is 2.15. The molecule has 0 saturated carbocycles. The van der Waals surface area contributed by atoms with Crippen molar-refractivity contribution < 1.29 is 17.6 Å². The lowest BCUT2D eigenvalue weighted by molar-refractivity contribution is -0.116. The van der Waals surface area contributed by atoms with Gasteiger partial charge in [0.2, 0.25) is 5.91 Å². The van der Waals surface area contributed by atoms with Gasteiger partial charge >= 0.3 is 0 Å². The van der Waals surface area contributed by atoms with Crippen molar-refractivity contribution in [2.75, 3.05) is 10.0 Å². The Bertz CT molecular complexity index is 1270. The zero-order chi connectivity index (χ0) is 20.4. The SMILES string of the molecule is O=C(Cn1ccc2ccc(F)cc21)Nc1ccc(S(=O)(=O)Nc2nccs2)cc1. The summed E-state index contributed by atoms with van der Waals surface area (Å²) in [4.78, 5) is 16.3. The molecule has 0 bridgehead atoms.